The Morgan fingerprint density at radius 1 is 0.893 bits per heavy atom. The Bertz CT molecular complexity index is 1000. The summed E-state index contributed by atoms with van der Waals surface area (Å²) >= 11 is 6.06. The van der Waals surface area contributed by atoms with Gasteiger partial charge < -0.3 is 5.32 Å². The molecule has 0 bridgehead atoms. The fraction of sp³-hybridized carbons (Fsp3) is 0.208. The summed E-state index contributed by atoms with van der Waals surface area (Å²) in [7, 11) is 0. The van der Waals surface area contributed by atoms with Gasteiger partial charge in [0.25, 0.3) is 5.91 Å². The monoisotopic (exact) mass is 390 g/mol. The van der Waals surface area contributed by atoms with Gasteiger partial charge in [-0.05, 0) is 52.9 Å². The van der Waals surface area contributed by atoms with Crippen molar-refractivity contribution in [2.75, 3.05) is 10.2 Å². The van der Waals surface area contributed by atoms with Gasteiger partial charge in [-0.1, -0.05) is 68.8 Å². The molecular weight excluding hydrogens is 368 g/mol. The van der Waals surface area contributed by atoms with Gasteiger partial charge in [0.2, 0.25) is 0 Å². The number of carbonyl (C=O) groups is 1. The second-order valence-corrected chi connectivity index (χ2v) is 8.55. The Morgan fingerprint density at radius 2 is 1.54 bits per heavy atom. The van der Waals surface area contributed by atoms with Gasteiger partial charge >= 0.3 is 0 Å². The van der Waals surface area contributed by atoms with Gasteiger partial charge in [0.15, 0.2) is 0 Å². The van der Waals surface area contributed by atoms with Gasteiger partial charge in [-0.3, -0.25) is 9.69 Å². The SMILES string of the molecule is CC(C)(C)c1ccc(C2Nc3ccccc3C(=O)N2c2ccc(Cl)cc2)cc1. The van der Waals surface area contributed by atoms with E-state index in [0.717, 1.165) is 16.9 Å². The van der Waals surface area contributed by atoms with Crippen molar-refractivity contribution in [1.29, 1.82) is 0 Å². The number of amides is 1. The van der Waals surface area contributed by atoms with Gasteiger partial charge in [-0.2, -0.15) is 0 Å². The molecule has 1 aliphatic heterocycles. The maximum Gasteiger partial charge on any atom is 0.262 e. The lowest BCUT2D eigenvalue weighted by Gasteiger charge is -2.38. The van der Waals surface area contributed by atoms with E-state index < -0.39 is 0 Å². The van der Waals surface area contributed by atoms with E-state index in [2.05, 4.69) is 50.4 Å². The molecule has 0 fully saturated rings. The highest BCUT2D eigenvalue weighted by atomic mass is 35.5. The summed E-state index contributed by atoms with van der Waals surface area (Å²) in [6.45, 7) is 6.59. The number of anilines is 2. The van der Waals surface area contributed by atoms with E-state index >= 15 is 0 Å². The molecule has 0 radical (unpaired) electrons. The zero-order valence-corrected chi connectivity index (χ0v) is 17.0. The van der Waals surface area contributed by atoms with Gasteiger partial charge in [0.1, 0.15) is 6.17 Å². The largest absolute Gasteiger partial charge is 0.360 e. The number of carbonyl (C=O) groups excluding carboxylic acids is 1. The number of rotatable bonds is 2. The van der Waals surface area contributed by atoms with Gasteiger partial charge in [0.05, 0.1) is 5.56 Å². The first-order chi connectivity index (χ1) is 13.3. The van der Waals surface area contributed by atoms with Crippen LogP contribution in [0.25, 0.3) is 0 Å². The lowest BCUT2D eigenvalue weighted by atomic mass is 9.86. The Morgan fingerprint density at radius 3 is 2.18 bits per heavy atom. The van der Waals surface area contributed by atoms with Crippen LogP contribution in [0.1, 0.15) is 48.4 Å². The van der Waals surface area contributed by atoms with Crippen molar-refractivity contribution in [2.24, 2.45) is 0 Å². The van der Waals surface area contributed by atoms with Crippen LogP contribution in [0.4, 0.5) is 11.4 Å². The van der Waals surface area contributed by atoms with Crippen LogP contribution < -0.4 is 10.2 Å². The smallest absolute Gasteiger partial charge is 0.262 e. The van der Waals surface area contributed by atoms with Crippen molar-refractivity contribution in [2.45, 2.75) is 32.4 Å². The van der Waals surface area contributed by atoms with E-state index in [1.807, 2.05) is 48.5 Å². The number of fused-ring (bicyclic) bond motifs is 1. The molecule has 3 aromatic rings. The second-order valence-electron chi connectivity index (χ2n) is 8.12. The topological polar surface area (TPSA) is 32.3 Å². The van der Waals surface area contributed by atoms with Crippen LogP contribution in [-0.2, 0) is 5.41 Å². The van der Waals surface area contributed by atoms with Gasteiger partial charge in [-0.25, -0.2) is 0 Å². The average Bonchev–Trinajstić information content (AvgIpc) is 2.68. The summed E-state index contributed by atoms with van der Waals surface area (Å²) in [5, 5.41) is 4.18. The third kappa shape index (κ3) is 3.38. The van der Waals surface area contributed by atoms with Crippen molar-refractivity contribution in [3.05, 3.63) is 94.5 Å². The highest BCUT2D eigenvalue weighted by Gasteiger charge is 2.34. The first-order valence-electron chi connectivity index (χ1n) is 9.40. The highest BCUT2D eigenvalue weighted by Crippen LogP contribution is 2.37. The number of nitrogens with one attached hydrogen (secondary N) is 1. The number of nitrogens with zero attached hydrogens (tertiary/aromatic N) is 1. The normalized spacial score (nSPS) is 16.5. The summed E-state index contributed by atoms with van der Waals surface area (Å²) in [6, 6.07) is 23.5. The van der Waals surface area contributed by atoms with Crippen LogP contribution in [0, 0.1) is 0 Å². The minimum atomic E-state index is -0.294. The van der Waals surface area contributed by atoms with Crippen LogP contribution in [0.15, 0.2) is 72.8 Å². The van der Waals surface area contributed by atoms with Crippen LogP contribution in [0.5, 0.6) is 0 Å². The van der Waals surface area contributed by atoms with Crippen molar-refractivity contribution < 1.29 is 4.79 Å². The van der Waals surface area contributed by atoms with Crippen molar-refractivity contribution >= 4 is 28.9 Å². The predicted molar refractivity (Wildman–Crippen MR) is 116 cm³/mol. The van der Waals surface area contributed by atoms with Crippen molar-refractivity contribution in [3.8, 4) is 0 Å². The fourth-order valence-electron chi connectivity index (χ4n) is 3.52. The zero-order chi connectivity index (χ0) is 19.9. The first-order valence-corrected chi connectivity index (χ1v) is 9.77. The van der Waals surface area contributed by atoms with Crippen LogP contribution in [-0.4, -0.2) is 5.91 Å². The van der Waals surface area contributed by atoms with Crippen LogP contribution >= 0.6 is 11.6 Å². The molecule has 1 aliphatic rings. The summed E-state index contributed by atoms with van der Waals surface area (Å²) in [6.07, 6.45) is -0.294. The molecular formula is C24H23ClN2O. The lowest BCUT2D eigenvalue weighted by molar-refractivity contribution is 0.0975. The summed E-state index contributed by atoms with van der Waals surface area (Å²) in [5.41, 5.74) is 4.70. The molecule has 0 aliphatic carbocycles. The minimum absolute atomic E-state index is 0.0263. The molecule has 0 aromatic heterocycles. The molecule has 28 heavy (non-hydrogen) atoms. The lowest BCUT2D eigenvalue weighted by Crippen LogP contribution is -2.43. The maximum absolute atomic E-state index is 13.4. The number of halogens is 1. The second kappa shape index (κ2) is 6.99. The van der Waals surface area contributed by atoms with E-state index in [-0.39, 0.29) is 17.5 Å². The minimum Gasteiger partial charge on any atom is -0.360 e. The summed E-state index contributed by atoms with van der Waals surface area (Å²) in [5.74, 6) is -0.0263. The average molecular weight is 391 g/mol. The van der Waals surface area contributed by atoms with Gasteiger partial charge in [0, 0.05) is 16.4 Å². The fourth-order valence-corrected chi connectivity index (χ4v) is 3.65. The Labute approximate surface area is 171 Å². The molecule has 1 heterocycles. The molecule has 142 valence electrons. The highest BCUT2D eigenvalue weighted by molar-refractivity contribution is 6.30. The molecule has 1 amide bonds. The molecule has 1 unspecified atom stereocenters. The van der Waals surface area contributed by atoms with Crippen molar-refractivity contribution in [1.82, 2.24) is 0 Å². The number of hydrogen-bond acceptors (Lipinski definition) is 2. The summed E-state index contributed by atoms with van der Waals surface area (Å²) < 4.78 is 0. The molecule has 0 spiro atoms. The predicted octanol–water partition coefficient (Wildman–Crippen LogP) is 6.41. The number of benzene rings is 3. The number of para-hydroxylation sites is 1. The Kier molecular flexibility index (Phi) is 4.64. The molecule has 0 saturated carbocycles. The Balaban J connectivity index is 1.80. The summed E-state index contributed by atoms with van der Waals surface area (Å²) in [4.78, 5) is 15.2. The van der Waals surface area contributed by atoms with Crippen LogP contribution in [0.3, 0.4) is 0 Å². The first kappa shape index (κ1) is 18.6. The van der Waals surface area contributed by atoms with E-state index in [1.165, 1.54) is 5.56 Å². The third-order valence-corrected chi connectivity index (χ3v) is 5.38. The molecule has 4 heteroatoms. The molecule has 3 aromatic carbocycles. The van der Waals surface area contributed by atoms with E-state index in [1.54, 1.807) is 4.90 Å². The molecule has 3 nitrogen and oxygen atoms in total. The quantitative estimate of drug-likeness (QED) is 0.548. The van der Waals surface area contributed by atoms with E-state index in [0.29, 0.717) is 10.6 Å². The van der Waals surface area contributed by atoms with E-state index in [9.17, 15) is 4.79 Å². The third-order valence-electron chi connectivity index (χ3n) is 5.12. The maximum atomic E-state index is 13.4. The zero-order valence-electron chi connectivity index (χ0n) is 16.2. The standard InChI is InChI=1S/C24H23ClN2O/c1-24(2,3)17-10-8-16(9-11-17)22-26-21-7-5-4-6-20(21)23(28)27(22)19-14-12-18(25)13-15-19/h4-15,22,26H,1-3H3. The molecule has 0 saturated heterocycles. The number of hydrogen-bond donors (Lipinski definition) is 1. The van der Waals surface area contributed by atoms with Crippen molar-refractivity contribution in [3.63, 3.8) is 0 Å². The van der Waals surface area contributed by atoms with E-state index in [4.69, 9.17) is 11.6 Å². The van der Waals surface area contributed by atoms with Gasteiger partial charge in [-0.15, -0.1) is 0 Å². The molecule has 1 N–H and O–H groups in total. The molecule has 1 atom stereocenters. The van der Waals surface area contributed by atoms with Crippen LogP contribution in [0.2, 0.25) is 5.02 Å². The molecule has 4 rings (SSSR count). The Hall–Kier alpha value is -2.78.